The van der Waals surface area contributed by atoms with Crippen LogP contribution in [0.25, 0.3) is 16.4 Å². The van der Waals surface area contributed by atoms with E-state index in [9.17, 15) is 9.59 Å². The molecule has 0 radical (unpaired) electrons. The highest BCUT2D eigenvalue weighted by atomic mass is 16.2. The van der Waals surface area contributed by atoms with E-state index in [2.05, 4.69) is 45.3 Å². The molecule has 4 rings (SSSR count). The van der Waals surface area contributed by atoms with Gasteiger partial charge in [0, 0.05) is 0 Å². The molecule has 14 heteroatoms. The smallest absolute Gasteiger partial charge is 0.278 e. The molecule has 0 atom stereocenters. The fraction of sp³-hybridized carbons (Fsp3) is 0.154. The second-order valence-electron chi connectivity index (χ2n) is 5.38. The molecular weight excluding hydrogens is 356 g/mol. The first-order valence-electron chi connectivity index (χ1n) is 7.46. The molecule has 0 unspecified atom stereocenters. The van der Waals surface area contributed by atoms with Gasteiger partial charge in [0.2, 0.25) is 11.6 Å². The number of H-pyrrole nitrogens is 3. The summed E-state index contributed by atoms with van der Waals surface area (Å²) in [6, 6.07) is 0. The van der Waals surface area contributed by atoms with Crippen molar-refractivity contribution in [3.05, 3.63) is 50.1 Å². The molecule has 3 N–H and O–H groups in total. The molecule has 4 heterocycles. The van der Waals surface area contributed by atoms with Crippen molar-refractivity contribution in [2.45, 2.75) is 13.8 Å². The number of azo groups is 1. The number of fused-ring (bicyclic) bond motifs is 1. The lowest BCUT2D eigenvalue weighted by Crippen LogP contribution is -2.27. The second kappa shape index (κ2) is 5.84. The monoisotopic (exact) mass is 366 g/mol. The van der Waals surface area contributed by atoms with E-state index in [0.29, 0.717) is 22.9 Å². The molecule has 134 valence electrons. The maximum Gasteiger partial charge on any atom is 0.352 e. The van der Waals surface area contributed by atoms with Crippen molar-refractivity contribution in [1.29, 1.82) is 0 Å². The van der Waals surface area contributed by atoms with Crippen LogP contribution in [0.5, 0.6) is 0 Å². The van der Waals surface area contributed by atoms with E-state index in [-0.39, 0.29) is 17.5 Å². The van der Waals surface area contributed by atoms with Gasteiger partial charge in [-0.25, -0.2) is 19.4 Å². The van der Waals surface area contributed by atoms with Gasteiger partial charge in [0.25, 0.3) is 5.69 Å². The van der Waals surface area contributed by atoms with E-state index in [1.54, 1.807) is 13.8 Å². The first-order valence-corrected chi connectivity index (χ1v) is 7.46. The molecule has 4 aromatic rings. The maximum absolute atomic E-state index is 11.5. The standard InChI is InChI=1S/C13H10N12O2/c1-5-8(10-16-6(2)23-25(10)22-5)20-21-9-7(14-3)4-15-24(9)11-17-12(26)19-13(27)18-11/h4,22H,1-2H3,(H2,17,18,19,26,27). The Kier molecular flexibility index (Phi) is 3.48. The summed E-state index contributed by atoms with van der Waals surface area (Å²) in [6.07, 6.45) is 1.23. The van der Waals surface area contributed by atoms with E-state index in [1.807, 2.05) is 4.98 Å². The molecule has 0 bridgehead atoms. The first kappa shape index (κ1) is 16.1. The molecular formula is C13H10N12O2. The summed E-state index contributed by atoms with van der Waals surface area (Å²) in [5, 5.41) is 19.3. The summed E-state index contributed by atoms with van der Waals surface area (Å²) in [5.74, 6) is 0.352. The maximum atomic E-state index is 11.5. The highest BCUT2D eigenvalue weighted by molar-refractivity contribution is 5.67. The van der Waals surface area contributed by atoms with E-state index in [0.717, 1.165) is 4.68 Å². The Labute approximate surface area is 148 Å². The van der Waals surface area contributed by atoms with Gasteiger partial charge < -0.3 is 0 Å². The quantitative estimate of drug-likeness (QED) is 0.354. The van der Waals surface area contributed by atoms with Crippen molar-refractivity contribution < 1.29 is 0 Å². The van der Waals surface area contributed by atoms with Gasteiger partial charge in [0.1, 0.15) is 5.82 Å². The summed E-state index contributed by atoms with van der Waals surface area (Å²) in [6.45, 7) is 10.8. The van der Waals surface area contributed by atoms with E-state index >= 15 is 0 Å². The molecule has 14 nitrogen and oxygen atoms in total. The normalized spacial score (nSPS) is 11.4. The summed E-state index contributed by atoms with van der Waals surface area (Å²) in [7, 11) is 0. The first-order chi connectivity index (χ1) is 13.0. The molecule has 0 fully saturated rings. The van der Waals surface area contributed by atoms with Crippen LogP contribution >= 0.6 is 0 Å². The number of hydrogen-bond donors (Lipinski definition) is 3. The van der Waals surface area contributed by atoms with E-state index < -0.39 is 11.4 Å². The SMILES string of the molecule is [C-]#[N+]c1cnn(-c2nc(=O)[nH]c(=O)[nH]2)c1N=Nc1c(C)[nH]n2nc(C)nc12. The number of nitrogens with zero attached hydrogens (tertiary/aromatic N) is 9. The molecule has 0 spiro atoms. The topological polar surface area (TPSA) is 171 Å². The lowest BCUT2D eigenvalue weighted by atomic mass is 10.4. The van der Waals surface area contributed by atoms with Crippen LogP contribution in [-0.4, -0.2) is 44.5 Å². The third-order valence-corrected chi connectivity index (χ3v) is 3.50. The van der Waals surface area contributed by atoms with Gasteiger partial charge >= 0.3 is 11.4 Å². The Hall–Kier alpha value is -4.41. The molecule has 0 aliphatic carbocycles. The summed E-state index contributed by atoms with van der Waals surface area (Å²) in [4.78, 5) is 38.4. The largest absolute Gasteiger partial charge is 0.352 e. The highest BCUT2D eigenvalue weighted by Gasteiger charge is 2.16. The molecule has 0 amide bonds. The zero-order valence-corrected chi connectivity index (χ0v) is 13.9. The van der Waals surface area contributed by atoms with Crippen molar-refractivity contribution in [2.75, 3.05) is 0 Å². The predicted molar refractivity (Wildman–Crippen MR) is 89.9 cm³/mol. The van der Waals surface area contributed by atoms with Crippen LogP contribution in [0, 0.1) is 20.4 Å². The molecule has 0 aromatic carbocycles. The van der Waals surface area contributed by atoms with Gasteiger partial charge in [-0.05, 0) is 13.8 Å². The van der Waals surface area contributed by atoms with Gasteiger partial charge in [-0.2, -0.15) is 19.4 Å². The molecule has 0 aliphatic rings. The van der Waals surface area contributed by atoms with Crippen LogP contribution < -0.4 is 11.4 Å². The Morgan fingerprint density at radius 2 is 2.00 bits per heavy atom. The Morgan fingerprint density at radius 3 is 2.74 bits per heavy atom. The predicted octanol–water partition coefficient (Wildman–Crippen LogP) is 0.598. The van der Waals surface area contributed by atoms with Crippen LogP contribution in [0.3, 0.4) is 0 Å². The summed E-state index contributed by atoms with van der Waals surface area (Å²) >= 11 is 0. The third-order valence-electron chi connectivity index (χ3n) is 3.50. The Morgan fingerprint density at radius 1 is 1.19 bits per heavy atom. The molecule has 0 saturated carbocycles. The number of aryl methyl sites for hydroxylation is 2. The second-order valence-corrected chi connectivity index (χ2v) is 5.38. The minimum Gasteiger partial charge on any atom is -0.278 e. The highest BCUT2D eigenvalue weighted by Crippen LogP contribution is 2.32. The summed E-state index contributed by atoms with van der Waals surface area (Å²) < 4.78 is 2.50. The number of hydrogen-bond acceptors (Lipinski definition) is 8. The molecule has 0 saturated heterocycles. The van der Waals surface area contributed by atoms with Crippen LogP contribution in [0.2, 0.25) is 0 Å². The van der Waals surface area contributed by atoms with Gasteiger partial charge in [0.15, 0.2) is 11.5 Å². The lowest BCUT2D eigenvalue weighted by molar-refractivity contribution is 0.766. The van der Waals surface area contributed by atoms with Crippen molar-refractivity contribution in [1.82, 2.24) is 44.5 Å². The van der Waals surface area contributed by atoms with Crippen LogP contribution in [0.4, 0.5) is 17.2 Å². The number of rotatable bonds is 3. The van der Waals surface area contributed by atoms with Crippen molar-refractivity contribution in [2.24, 2.45) is 10.2 Å². The lowest BCUT2D eigenvalue weighted by Gasteiger charge is -2.01. The molecule has 27 heavy (non-hydrogen) atoms. The van der Waals surface area contributed by atoms with Crippen molar-refractivity contribution in [3.63, 3.8) is 0 Å². The van der Waals surface area contributed by atoms with Crippen LogP contribution in [0.1, 0.15) is 11.5 Å². The number of aromatic amines is 3. The molecule has 4 aromatic heterocycles. The van der Waals surface area contributed by atoms with Crippen molar-refractivity contribution >= 4 is 22.8 Å². The fourth-order valence-electron chi connectivity index (χ4n) is 2.39. The fourth-order valence-corrected chi connectivity index (χ4v) is 2.39. The average molecular weight is 366 g/mol. The zero-order valence-electron chi connectivity index (χ0n) is 13.9. The van der Waals surface area contributed by atoms with E-state index in [4.69, 9.17) is 6.57 Å². The minimum atomic E-state index is -0.862. The van der Waals surface area contributed by atoms with E-state index in [1.165, 1.54) is 10.8 Å². The minimum absolute atomic E-state index is 0.00580. The van der Waals surface area contributed by atoms with Gasteiger partial charge in [-0.3, -0.25) is 15.1 Å². The van der Waals surface area contributed by atoms with Gasteiger partial charge in [0.05, 0.1) is 18.5 Å². The van der Waals surface area contributed by atoms with Gasteiger partial charge in [-0.1, -0.05) is 0 Å². The average Bonchev–Trinajstić information content (AvgIpc) is 3.24. The molecule has 0 aliphatic heterocycles. The number of nitrogens with one attached hydrogen (secondary N) is 3. The van der Waals surface area contributed by atoms with Gasteiger partial charge in [-0.15, -0.1) is 15.3 Å². The third kappa shape index (κ3) is 2.68. The Balaban J connectivity index is 1.86. The zero-order chi connectivity index (χ0) is 19.1. The van der Waals surface area contributed by atoms with Crippen LogP contribution in [0.15, 0.2) is 26.0 Å². The van der Waals surface area contributed by atoms with Crippen LogP contribution in [-0.2, 0) is 0 Å². The summed E-state index contributed by atoms with van der Waals surface area (Å²) in [5.41, 5.74) is -0.0255. The van der Waals surface area contributed by atoms with Crippen molar-refractivity contribution in [3.8, 4) is 5.95 Å². The number of aromatic nitrogens is 9. The Bertz CT molecular complexity index is 1330.